The fourth-order valence-electron chi connectivity index (χ4n) is 4.38. The molecule has 0 radical (unpaired) electrons. The average molecular weight is 567 g/mol. The minimum absolute atomic E-state index is 0.0842. The quantitative estimate of drug-likeness (QED) is 0.0897. The van der Waals surface area contributed by atoms with Gasteiger partial charge in [-0.2, -0.15) is 0 Å². The summed E-state index contributed by atoms with van der Waals surface area (Å²) in [6, 6.07) is 11.0. The number of benzene rings is 2. The molecule has 0 bridgehead atoms. The van der Waals surface area contributed by atoms with Gasteiger partial charge < -0.3 is 23.7 Å². The van der Waals surface area contributed by atoms with Crippen molar-refractivity contribution in [3.63, 3.8) is 0 Å². The molecule has 0 heterocycles. The summed E-state index contributed by atoms with van der Waals surface area (Å²) >= 11 is 0. The number of unbranched alkanes of at least 4 members (excludes halogenated alkanes) is 3. The summed E-state index contributed by atoms with van der Waals surface area (Å²) in [7, 11) is 0. The van der Waals surface area contributed by atoms with Crippen LogP contribution in [-0.2, 0) is 23.9 Å². The van der Waals surface area contributed by atoms with Gasteiger partial charge in [0.25, 0.3) is 6.47 Å². The Morgan fingerprint density at radius 1 is 0.756 bits per heavy atom. The monoisotopic (exact) mass is 566 g/mol. The van der Waals surface area contributed by atoms with Crippen LogP contribution in [0.15, 0.2) is 55.1 Å². The Morgan fingerprint density at radius 2 is 1.34 bits per heavy atom. The molecule has 1 aliphatic rings. The van der Waals surface area contributed by atoms with Crippen molar-refractivity contribution in [1.82, 2.24) is 0 Å². The summed E-state index contributed by atoms with van der Waals surface area (Å²) in [4.78, 5) is 58.1. The predicted octanol–water partition coefficient (Wildman–Crippen LogP) is 5.02. The van der Waals surface area contributed by atoms with Crippen LogP contribution in [-0.4, -0.2) is 43.9 Å². The summed E-state index contributed by atoms with van der Waals surface area (Å²) in [5.74, 6) is -0.633. The van der Waals surface area contributed by atoms with Gasteiger partial charge in [0, 0.05) is 6.08 Å². The van der Waals surface area contributed by atoms with Crippen molar-refractivity contribution in [2.24, 2.45) is 11.8 Å². The van der Waals surface area contributed by atoms with Crippen LogP contribution in [0.5, 0.6) is 23.0 Å². The first-order chi connectivity index (χ1) is 19.9. The average Bonchev–Trinajstić information content (AvgIpc) is 3.00. The molecule has 0 N–H and O–H groups in total. The molecule has 41 heavy (non-hydrogen) atoms. The molecule has 1 aliphatic carbocycles. The highest BCUT2D eigenvalue weighted by Crippen LogP contribution is 2.32. The smallest absolute Gasteiger partial charge is 0.330 e. The third-order valence-corrected chi connectivity index (χ3v) is 6.66. The van der Waals surface area contributed by atoms with Crippen LogP contribution in [0.4, 0.5) is 0 Å². The van der Waals surface area contributed by atoms with E-state index in [0.29, 0.717) is 56.7 Å². The SMILES string of the molecule is C=CC(=O)OCCCCCCOc1ccc(OC(=O)[C@H]2CC[C@H](C(=O)Oc3ccc(OC=O)cc3C=O)CC2)cc1. The Kier molecular flexibility index (Phi) is 12.6. The van der Waals surface area contributed by atoms with Gasteiger partial charge in [-0.1, -0.05) is 6.58 Å². The van der Waals surface area contributed by atoms with Crippen molar-refractivity contribution >= 4 is 30.7 Å². The van der Waals surface area contributed by atoms with Crippen LogP contribution in [0.2, 0.25) is 0 Å². The number of esters is 3. The van der Waals surface area contributed by atoms with E-state index in [1.54, 1.807) is 24.3 Å². The van der Waals surface area contributed by atoms with Crippen molar-refractivity contribution in [2.45, 2.75) is 51.4 Å². The topological polar surface area (TPSA) is 132 Å². The number of aldehydes is 1. The van der Waals surface area contributed by atoms with Gasteiger partial charge in [0.2, 0.25) is 0 Å². The first-order valence-electron chi connectivity index (χ1n) is 13.6. The fraction of sp³-hybridized carbons (Fsp3) is 0.387. The van der Waals surface area contributed by atoms with Crippen LogP contribution in [0.25, 0.3) is 0 Å². The molecule has 218 valence electrons. The normalized spacial score (nSPS) is 16.1. The zero-order valence-electron chi connectivity index (χ0n) is 22.8. The molecule has 2 aromatic rings. The van der Waals surface area contributed by atoms with Crippen molar-refractivity contribution in [3.8, 4) is 23.0 Å². The molecular weight excluding hydrogens is 532 g/mol. The zero-order valence-corrected chi connectivity index (χ0v) is 22.8. The Hall–Kier alpha value is -4.47. The fourth-order valence-corrected chi connectivity index (χ4v) is 4.38. The lowest BCUT2D eigenvalue weighted by molar-refractivity contribution is -0.145. The number of ether oxygens (including phenoxy) is 5. The molecule has 0 amide bonds. The molecule has 1 fully saturated rings. The molecule has 0 atom stereocenters. The molecule has 2 aromatic carbocycles. The second kappa shape index (κ2) is 16.6. The molecule has 0 aromatic heterocycles. The molecular formula is C31H34O10. The van der Waals surface area contributed by atoms with Crippen molar-refractivity contribution in [3.05, 3.63) is 60.7 Å². The largest absolute Gasteiger partial charge is 0.494 e. The van der Waals surface area contributed by atoms with Crippen LogP contribution in [0.3, 0.4) is 0 Å². The molecule has 0 aliphatic heterocycles. The summed E-state index contributed by atoms with van der Waals surface area (Å²) in [5.41, 5.74) is 0.0899. The van der Waals surface area contributed by atoms with Crippen molar-refractivity contribution < 1.29 is 47.7 Å². The molecule has 0 saturated heterocycles. The second-order valence-corrected chi connectivity index (χ2v) is 9.53. The van der Waals surface area contributed by atoms with E-state index in [-0.39, 0.29) is 35.4 Å². The Balaban J connectivity index is 1.35. The maximum atomic E-state index is 12.7. The highest BCUT2D eigenvalue weighted by Gasteiger charge is 2.32. The van der Waals surface area contributed by atoms with Crippen LogP contribution in [0.1, 0.15) is 61.7 Å². The van der Waals surface area contributed by atoms with Gasteiger partial charge in [0.1, 0.15) is 23.0 Å². The summed E-state index contributed by atoms with van der Waals surface area (Å²) < 4.78 is 26.3. The molecule has 10 heteroatoms. The van der Waals surface area contributed by atoms with E-state index >= 15 is 0 Å². The number of rotatable bonds is 16. The van der Waals surface area contributed by atoms with Gasteiger partial charge in [-0.3, -0.25) is 19.2 Å². The van der Waals surface area contributed by atoms with Gasteiger partial charge in [-0.25, -0.2) is 4.79 Å². The van der Waals surface area contributed by atoms with Crippen LogP contribution >= 0.6 is 0 Å². The molecule has 1 saturated carbocycles. The van der Waals surface area contributed by atoms with E-state index in [4.69, 9.17) is 23.7 Å². The Labute approximate surface area is 238 Å². The second-order valence-electron chi connectivity index (χ2n) is 9.53. The van der Waals surface area contributed by atoms with E-state index in [2.05, 4.69) is 6.58 Å². The van der Waals surface area contributed by atoms with Crippen molar-refractivity contribution in [2.75, 3.05) is 13.2 Å². The van der Waals surface area contributed by atoms with E-state index in [0.717, 1.165) is 31.8 Å². The van der Waals surface area contributed by atoms with E-state index in [9.17, 15) is 24.0 Å². The minimum atomic E-state index is -0.478. The third kappa shape index (κ3) is 10.2. The number of hydrogen-bond donors (Lipinski definition) is 0. The van der Waals surface area contributed by atoms with Crippen LogP contribution < -0.4 is 18.9 Å². The van der Waals surface area contributed by atoms with Crippen LogP contribution in [0, 0.1) is 11.8 Å². The molecule has 0 unspecified atom stereocenters. The lowest BCUT2D eigenvalue weighted by Crippen LogP contribution is -2.30. The standard InChI is InChI=1S/C31H34O10/c1-2-29(34)38-18-6-4-3-5-17-37-25-11-13-26(14-12-25)40-30(35)22-7-9-23(10-8-22)31(36)41-28-16-15-27(39-21-33)19-24(28)20-32/h2,11-16,19-23H,1,3-10,17-18H2/t22-,23-. The predicted molar refractivity (Wildman–Crippen MR) is 147 cm³/mol. The maximum Gasteiger partial charge on any atom is 0.330 e. The third-order valence-electron chi connectivity index (χ3n) is 6.66. The lowest BCUT2D eigenvalue weighted by atomic mass is 9.82. The molecule has 0 spiro atoms. The Bertz CT molecular complexity index is 1200. The highest BCUT2D eigenvalue weighted by atomic mass is 16.5. The number of hydrogen-bond acceptors (Lipinski definition) is 10. The zero-order chi connectivity index (χ0) is 29.5. The van der Waals surface area contributed by atoms with Gasteiger partial charge in [-0.15, -0.1) is 0 Å². The molecule has 3 rings (SSSR count). The van der Waals surface area contributed by atoms with E-state index < -0.39 is 17.9 Å². The summed E-state index contributed by atoms with van der Waals surface area (Å²) in [5, 5.41) is 0. The maximum absolute atomic E-state index is 12.7. The Morgan fingerprint density at radius 3 is 1.95 bits per heavy atom. The lowest BCUT2D eigenvalue weighted by Gasteiger charge is -2.26. The van der Waals surface area contributed by atoms with Gasteiger partial charge >= 0.3 is 17.9 Å². The first-order valence-corrected chi connectivity index (χ1v) is 13.6. The van der Waals surface area contributed by atoms with Gasteiger partial charge in [0.05, 0.1) is 30.6 Å². The minimum Gasteiger partial charge on any atom is -0.494 e. The van der Waals surface area contributed by atoms with Crippen molar-refractivity contribution in [1.29, 1.82) is 0 Å². The van der Waals surface area contributed by atoms with E-state index in [1.165, 1.54) is 18.2 Å². The number of carbonyl (C=O) groups is 5. The molecule has 10 nitrogen and oxygen atoms in total. The van der Waals surface area contributed by atoms with Gasteiger partial charge in [-0.05, 0) is 93.8 Å². The first kappa shape index (κ1) is 31.1. The number of carbonyl (C=O) groups excluding carboxylic acids is 5. The van der Waals surface area contributed by atoms with Gasteiger partial charge in [0.15, 0.2) is 6.29 Å². The summed E-state index contributed by atoms with van der Waals surface area (Å²) in [6.07, 6.45) is 7.06. The summed E-state index contributed by atoms with van der Waals surface area (Å²) in [6.45, 7) is 4.53. The van der Waals surface area contributed by atoms with E-state index in [1.807, 2.05) is 0 Å². The highest BCUT2D eigenvalue weighted by molar-refractivity contribution is 5.84.